The average molecular weight is 214 g/mol. The molecule has 15 heavy (non-hydrogen) atoms. The van der Waals surface area contributed by atoms with Gasteiger partial charge in [-0.3, -0.25) is 4.68 Å². The van der Waals surface area contributed by atoms with Crippen molar-refractivity contribution in [3.63, 3.8) is 0 Å². The second kappa shape index (κ2) is 10.8. The minimum Gasteiger partial charge on any atom is -0.467 e. The molecule has 0 aromatic carbocycles. The van der Waals surface area contributed by atoms with Crippen LogP contribution in [0.25, 0.3) is 0 Å². The van der Waals surface area contributed by atoms with E-state index in [9.17, 15) is 4.79 Å². The Labute approximate surface area is 92.2 Å². The van der Waals surface area contributed by atoms with Gasteiger partial charge < -0.3 is 4.74 Å². The Morgan fingerprint density at radius 1 is 1.33 bits per heavy atom. The van der Waals surface area contributed by atoms with E-state index in [0.717, 1.165) is 0 Å². The van der Waals surface area contributed by atoms with E-state index in [4.69, 9.17) is 0 Å². The zero-order valence-corrected chi connectivity index (χ0v) is 10.5. The minimum atomic E-state index is -0.338. The van der Waals surface area contributed by atoms with Crippen molar-refractivity contribution in [2.24, 2.45) is 0 Å². The van der Waals surface area contributed by atoms with Crippen LogP contribution in [-0.2, 0) is 9.53 Å². The molecule has 0 spiro atoms. The fourth-order valence-corrected chi connectivity index (χ4v) is 0.788. The lowest BCUT2D eigenvalue weighted by atomic mass is 10.3. The molecule has 0 radical (unpaired) electrons. The van der Waals surface area contributed by atoms with Gasteiger partial charge in [-0.1, -0.05) is 27.7 Å². The summed E-state index contributed by atoms with van der Waals surface area (Å²) in [6, 6.07) is 1.43. The van der Waals surface area contributed by atoms with E-state index in [2.05, 4.69) is 9.84 Å². The standard InChI is InChI=1S/C7H10N2O2.2C2H6/c1-6(7(10)11-2)9-5-3-4-8-9;2*1-2/h3-6H,1-2H3;2*1-2H3. The Bertz CT molecular complexity index is 233. The summed E-state index contributed by atoms with van der Waals surface area (Å²) < 4.78 is 6.08. The number of ether oxygens (including phenoxy) is 1. The quantitative estimate of drug-likeness (QED) is 0.711. The van der Waals surface area contributed by atoms with Crippen molar-refractivity contribution < 1.29 is 9.53 Å². The van der Waals surface area contributed by atoms with E-state index < -0.39 is 0 Å². The fourth-order valence-electron chi connectivity index (χ4n) is 0.788. The van der Waals surface area contributed by atoms with Crippen molar-refractivity contribution in [2.75, 3.05) is 7.11 Å². The van der Waals surface area contributed by atoms with E-state index in [1.54, 1.807) is 30.1 Å². The van der Waals surface area contributed by atoms with Crippen LogP contribution in [0.1, 0.15) is 40.7 Å². The second-order valence-electron chi connectivity index (χ2n) is 2.19. The number of rotatable bonds is 2. The van der Waals surface area contributed by atoms with E-state index in [1.807, 2.05) is 27.7 Å². The number of methoxy groups -OCH3 is 1. The van der Waals surface area contributed by atoms with Gasteiger partial charge in [-0.15, -0.1) is 0 Å². The van der Waals surface area contributed by atoms with Crippen LogP contribution >= 0.6 is 0 Å². The molecule has 4 nitrogen and oxygen atoms in total. The zero-order valence-electron chi connectivity index (χ0n) is 10.5. The molecule has 0 N–H and O–H groups in total. The molecule has 0 fully saturated rings. The molecule has 0 saturated carbocycles. The molecule has 0 saturated heterocycles. The summed E-state index contributed by atoms with van der Waals surface area (Å²) in [6.07, 6.45) is 3.35. The Hall–Kier alpha value is -1.32. The lowest BCUT2D eigenvalue weighted by molar-refractivity contribution is -0.144. The number of esters is 1. The lowest BCUT2D eigenvalue weighted by Gasteiger charge is -2.08. The number of carbonyl (C=O) groups excluding carboxylic acids is 1. The highest BCUT2D eigenvalue weighted by Gasteiger charge is 2.13. The van der Waals surface area contributed by atoms with Crippen molar-refractivity contribution in [3.8, 4) is 0 Å². The van der Waals surface area contributed by atoms with Crippen LogP contribution in [0, 0.1) is 0 Å². The van der Waals surface area contributed by atoms with Crippen LogP contribution in [-0.4, -0.2) is 22.9 Å². The minimum absolute atomic E-state index is 0.284. The first-order chi connectivity index (χ1) is 7.25. The first-order valence-corrected chi connectivity index (χ1v) is 5.32. The highest BCUT2D eigenvalue weighted by molar-refractivity contribution is 5.73. The molecule has 88 valence electrons. The van der Waals surface area contributed by atoms with Gasteiger partial charge in [0.15, 0.2) is 0 Å². The normalized spacial score (nSPS) is 10.0. The smallest absolute Gasteiger partial charge is 0.330 e. The van der Waals surface area contributed by atoms with Gasteiger partial charge in [0.1, 0.15) is 6.04 Å². The van der Waals surface area contributed by atoms with Crippen LogP contribution < -0.4 is 0 Å². The maximum absolute atomic E-state index is 10.9. The molecule has 1 aromatic heterocycles. The monoisotopic (exact) mass is 214 g/mol. The summed E-state index contributed by atoms with van der Waals surface area (Å²) in [7, 11) is 1.36. The van der Waals surface area contributed by atoms with E-state index in [0.29, 0.717) is 0 Å². The highest BCUT2D eigenvalue weighted by atomic mass is 16.5. The Morgan fingerprint density at radius 3 is 2.20 bits per heavy atom. The maximum Gasteiger partial charge on any atom is 0.330 e. The van der Waals surface area contributed by atoms with Gasteiger partial charge in [0.05, 0.1) is 7.11 Å². The molecule has 1 heterocycles. The van der Waals surface area contributed by atoms with Crippen LogP contribution in [0.5, 0.6) is 0 Å². The fraction of sp³-hybridized carbons (Fsp3) is 0.636. The van der Waals surface area contributed by atoms with Gasteiger partial charge in [-0.2, -0.15) is 5.10 Å². The summed E-state index contributed by atoms with van der Waals surface area (Å²) in [5, 5.41) is 3.90. The van der Waals surface area contributed by atoms with Gasteiger partial charge in [0.2, 0.25) is 0 Å². The molecule has 0 aliphatic heterocycles. The molecule has 1 aromatic rings. The first-order valence-electron chi connectivity index (χ1n) is 5.32. The van der Waals surface area contributed by atoms with E-state index in [1.165, 1.54) is 7.11 Å². The highest BCUT2D eigenvalue weighted by Crippen LogP contribution is 2.03. The predicted octanol–water partition coefficient (Wildman–Crippen LogP) is 2.67. The third-order valence-corrected chi connectivity index (χ3v) is 1.46. The molecule has 0 aliphatic carbocycles. The zero-order chi connectivity index (χ0) is 12.3. The summed E-state index contributed by atoms with van der Waals surface area (Å²) in [5.74, 6) is -0.284. The molecule has 1 rings (SSSR count). The number of hydrogen-bond acceptors (Lipinski definition) is 3. The summed E-state index contributed by atoms with van der Waals surface area (Å²) in [6.45, 7) is 9.73. The molecule has 1 unspecified atom stereocenters. The van der Waals surface area contributed by atoms with Crippen molar-refractivity contribution in [2.45, 2.75) is 40.7 Å². The topological polar surface area (TPSA) is 44.1 Å². The third kappa shape index (κ3) is 5.88. The first kappa shape index (κ1) is 16.1. The van der Waals surface area contributed by atoms with Gasteiger partial charge >= 0.3 is 5.97 Å². The Balaban J connectivity index is 0. The SMILES string of the molecule is CC.CC.COC(=O)C(C)n1cccn1. The van der Waals surface area contributed by atoms with Crippen LogP contribution in [0.4, 0.5) is 0 Å². The largest absolute Gasteiger partial charge is 0.467 e. The van der Waals surface area contributed by atoms with Crippen molar-refractivity contribution in [1.29, 1.82) is 0 Å². The number of nitrogens with zero attached hydrogens (tertiary/aromatic N) is 2. The summed E-state index contributed by atoms with van der Waals surface area (Å²) in [5.41, 5.74) is 0. The van der Waals surface area contributed by atoms with Crippen LogP contribution in [0.3, 0.4) is 0 Å². The van der Waals surface area contributed by atoms with Crippen LogP contribution in [0.15, 0.2) is 18.5 Å². The number of aromatic nitrogens is 2. The predicted molar refractivity (Wildman–Crippen MR) is 61.7 cm³/mol. The summed E-state index contributed by atoms with van der Waals surface area (Å²) >= 11 is 0. The molecular formula is C11H22N2O2. The van der Waals surface area contributed by atoms with Gasteiger partial charge in [-0.25, -0.2) is 4.79 Å². The van der Waals surface area contributed by atoms with E-state index in [-0.39, 0.29) is 12.0 Å². The van der Waals surface area contributed by atoms with Crippen molar-refractivity contribution in [3.05, 3.63) is 18.5 Å². The maximum atomic E-state index is 10.9. The van der Waals surface area contributed by atoms with Crippen molar-refractivity contribution >= 4 is 5.97 Å². The van der Waals surface area contributed by atoms with Crippen molar-refractivity contribution in [1.82, 2.24) is 9.78 Å². The molecule has 0 amide bonds. The molecule has 1 atom stereocenters. The number of hydrogen-bond donors (Lipinski definition) is 0. The lowest BCUT2D eigenvalue weighted by Crippen LogP contribution is -2.17. The third-order valence-electron chi connectivity index (χ3n) is 1.46. The number of carbonyl (C=O) groups is 1. The Morgan fingerprint density at radius 2 is 1.87 bits per heavy atom. The second-order valence-corrected chi connectivity index (χ2v) is 2.19. The average Bonchev–Trinajstić information content (AvgIpc) is 2.86. The molecule has 0 bridgehead atoms. The molecule has 4 heteroatoms. The summed E-state index contributed by atoms with van der Waals surface area (Å²) in [4.78, 5) is 10.9. The van der Waals surface area contributed by atoms with Gasteiger partial charge in [0.25, 0.3) is 0 Å². The van der Waals surface area contributed by atoms with E-state index >= 15 is 0 Å². The molecular weight excluding hydrogens is 192 g/mol. The Kier molecular flexibility index (Phi) is 11.6. The van der Waals surface area contributed by atoms with Gasteiger partial charge in [0, 0.05) is 12.4 Å². The van der Waals surface area contributed by atoms with Crippen LogP contribution in [0.2, 0.25) is 0 Å². The van der Waals surface area contributed by atoms with Gasteiger partial charge in [-0.05, 0) is 13.0 Å². The molecule has 0 aliphatic rings.